The second-order valence-electron chi connectivity index (χ2n) is 7.12. The standard InChI is InChI=1S/C24H23ClN2OS/c25-18-12-14-19(15-13-18)29-23-11-4-3-9-22(23)27-24(28)16-26-21-10-5-7-17-6-1-2-8-20(17)21/h1-4,6,8-9,11-15,21,26H,5,7,10,16H2,(H,27,28). The second-order valence-corrected chi connectivity index (χ2v) is 8.68. The minimum atomic E-state index is -0.0304. The van der Waals surface area contributed by atoms with Crippen LogP contribution in [0.5, 0.6) is 0 Å². The van der Waals surface area contributed by atoms with Gasteiger partial charge in [0, 0.05) is 20.9 Å². The smallest absolute Gasteiger partial charge is 0.238 e. The van der Waals surface area contributed by atoms with Crippen molar-refractivity contribution in [2.75, 3.05) is 11.9 Å². The third-order valence-corrected chi connectivity index (χ3v) is 6.42. The summed E-state index contributed by atoms with van der Waals surface area (Å²) < 4.78 is 0. The van der Waals surface area contributed by atoms with E-state index in [1.54, 1.807) is 11.8 Å². The molecule has 0 saturated heterocycles. The predicted molar refractivity (Wildman–Crippen MR) is 121 cm³/mol. The summed E-state index contributed by atoms with van der Waals surface area (Å²) in [6.07, 6.45) is 3.33. The average molecular weight is 423 g/mol. The molecule has 2 N–H and O–H groups in total. The molecule has 0 aromatic heterocycles. The van der Waals surface area contributed by atoms with E-state index in [0.717, 1.165) is 34.7 Å². The topological polar surface area (TPSA) is 41.1 Å². The van der Waals surface area contributed by atoms with Crippen molar-refractivity contribution in [3.05, 3.63) is 88.9 Å². The van der Waals surface area contributed by atoms with Gasteiger partial charge >= 0.3 is 0 Å². The SMILES string of the molecule is O=C(CNC1CCCc2ccccc21)Nc1ccccc1Sc1ccc(Cl)cc1. The number of nitrogens with one attached hydrogen (secondary N) is 2. The van der Waals surface area contributed by atoms with Gasteiger partial charge in [-0.2, -0.15) is 0 Å². The van der Waals surface area contributed by atoms with E-state index in [4.69, 9.17) is 11.6 Å². The number of anilines is 1. The number of para-hydroxylation sites is 1. The summed E-state index contributed by atoms with van der Waals surface area (Å²) in [5.41, 5.74) is 3.54. The zero-order valence-corrected chi connectivity index (χ0v) is 17.6. The number of halogens is 1. The highest BCUT2D eigenvalue weighted by atomic mass is 35.5. The number of aryl methyl sites for hydroxylation is 1. The molecule has 0 heterocycles. The van der Waals surface area contributed by atoms with Crippen molar-refractivity contribution in [2.24, 2.45) is 0 Å². The van der Waals surface area contributed by atoms with Gasteiger partial charge in [-0.25, -0.2) is 0 Å². The highest BCUT2D eigenvalue weighted by Crippen LogP contribution is 2.34. The second kappa shape index (κ2) is 9.49. The zero-order chi connectivity index (χ0) is 20.1. The van der Waals surface area contributed by atoms with Gasteiger partial charge in [0.05, 0.1) is 12.2 Å². The van der Waals surface area contributed by atoms with Gasteiger partial charge in [0.1, 0.15) is 0 Å². The molecule has 0 spiro atoms. The fraction of sp³-hybridized carbons (Fsp3) is 0.208. The van der Waals surface area contributed by atoms with Crippen molar-refractivity contribution in [3.63, 3.8) is 0 Å². The van der Waals surface area contributed by atoms with Crippen molar-refractivity contribution in [2.45, 2.75) is 35.1 Å². The molecular weight excluding hydrogens is 400 g/mol. The molecule has 1 unspecified atom stereocenters. The minimum absolute atomic E-state index is 0.0304. The monoisotopic (exact) mass is 422 g/mol. The van der Waals surface area contributed by atoms with Gasteiger partial charge in [0.2, 0.25) is 5.91 Å². The van der Waals surface area contributed by atoms with Gasteiger partial charge in [-0.1, -0.05) is 59.8 Å². The molecule has 0 saturated carbocycles. The van der Waals surface area contributed by atoms with Crippen LogP contribution in [0.1, 0.15) is 30.0 Å². The summed E-state index contributed by atoms with van der Waals surface area (Å²) in [5, 5.41) is 7.21. The molecule has 3 aromatic rings. The zero-order valence-electron chi connectivity index (χ0n) is 16.0. The quantitative estimate of drug-likeness (QED) is 0.504. The maximum atomic E-state index is 12.6. The fourth-order valence-electron chi connectivity index (χ4n) is 3.66. The van der Waals surface area contributed by atoms with E-state index in [0.29, 0.717) is 11.6 Å². The summed E-state index contributed by atoms with van der Waals surface area (Å²) in [4.78, 5) is 14.7. The molecule has 0 fully saturated rings. The summed E-state index contributed by atoms with van der Waals surface area (Å²) in [7, 11) is 0. The summed E-state index contributed by atoms with van der Waals surface area (Å²) in [6, 6.07) is 24.3. The predicted octanol–water partition coefficient (Wildman–Crippen LogP) is 6.10. The van der Waals surface area contributed by atoms with Crippen LogP contribution in [-0.2, 0) is 11.2 Å². The van der Waals surface area contributed by atoms with Gasteiger partial charge in [-0.05, 0) is 66.8 Å². The Morgan fingerprint density at radius 2 is 1.76 bits per heavy atom. The van der Waals surface area contributed by atoms with Crippen molar-refractivity contribution in [1.82, 2.24) is 5.32 Å². The maximum absolute atomic E-state index is 12.6. The Morgan fingerprint density at radius 1 is 1.00 bits per heavy atom. The fourth-order valence-corrected chi connectivity index (χ4v) is 4.69. The molecular formula is C24H23ClN2OS. The van der Waals surface area contributed by atoms with E-state index >= 15 is 0 Å². The lowest BCUT2D eigenvalue weighted by Gasteiger charge is -2.26. The molecule has 1 atom stereocenters. The number of carbonyl (C=O) groups is 1. The Balaban J connectivity index is 1.39. The molecule has 5 heteroatoms. The first-order valence-corrected chi connectivity index (χ1v) is 11.0. The van der Waals surface area contributed by atoms with Crippen LogP contribution >= 0.6 is 23.4 Å². The van der Waals surface area contributed by atoms with Crippen molar-refractivity contribution in [1.29, 1.82) is 0 Å². The lowest BCUT2D eigenvalue weighted by molar-refractivity contribution is -0.115. The normalized spacial score (nSPS) is 15.6. The van der Waals surface area contributed by atoms with Gasteiger partial charge < -0.3 is 10.6 Å². The Kier molecular flexibility index (Phi) is 6.55. The van der Waals surface area contributed by atoms with Gasteiger partial charge in [-0.3, -0.25) is 4.79 Å². The number of carbonyl (C=O) groups excluding carboxylic acids is 1. The van der Waals surface area contributed by atoms with E-state index < -0.39 is 0 Å². The van der Waals surface area contributed by atoms with E-state index in [-0.39, 0.29) is 11.9 Å². The third-order valence-electron chi connectivity index (χ3n) is 5.08. The molecule has 1 aliphatic rings. The molecule has 3 aromatic carbocycles. The number of hydrogen-bond donors (Lipinski definition) is 2. The molecule has 0 aliphatic heterocycles. The Hall–Kier alpha value is -2.27. The van der Waals surface area contributed by atoms with E-state index in [1.165, 1.54) is 11.1 Å². The van der Waals surface area contributed by atoms with Crippen LogP contribution in [0.15, 0.2) is 82.6 Å². The Morgan fingerprint density at radius 3 is 2.62 bits per heavy atom. The first-order chi connectivity index (χ1) is 14.2. The maximum Gasteiger partial charge on any atom is 0.238 e. The van der Waals surface area contributed by atoms with Crippen molar-refractivity contribution in [3.8, 4) is 0 Å². The van der Waals surface area contributed by atoms with Gasteiger partial charge in [-0.15, -0.1) is 0 Å². The molecule has 1 amide bonds. The number of hydrogen-bond acceptors (Lipinski definition) is 3. The third kappa shape index (κ3) is 5.21. The van der Waals surface area contributed by atoms with Crippen molar-refractivity contribution >= 4 is 35.0 Å². The highest BCUT2D eigenvalue weighted by molar-refractivity contribution is 7.99. The minimum Gasteiger partial charge on any atom is -0.324 e. The lowest BCUT2D eigenvalue weighted by atomic mass is 9.88. The molecule has 0 radical (unpaired) electrons. The van der Waals surface area contributed by atoms with Crippen LogP contribution in [0.3, 0.4) is 0 Å². The first-order valence-electron chi connectivity index (χ1n) is 9.82. The number of fused-ring (bicyclic) bond motifs is 1. The van der Waals surface area contributed by atoms with Crippen LogP contribution in [0.2, 0.25) is 5.02 Å². The highest BCUT2D eigenvalue weighted by Gasteiger charge is 2.20. The number of amides is 1. The summed E-state index contributed by atoms with van der Waals surface area (Å²) in [5.74, 6) is -0.0304. The number of benzene rings is 3. The largest absolute Gasteiger partial charge is 0.324 e. The van der Waals surface area contributed by atoms with Crippen LogP contribution in [0, 0.1) is 0 Å². The summed E-state index contributed by atoms with van der Waals surface area (Å²) in [6.45, 7) is 0.291. The van der Waals surface area contributed by atoms with Crippen LogP contribution in [0.4, 0.5) is 5.69 Å². The molecule has 0 bridgehead atoms. The van der Waals surface area contributed by atoms with E-state index in [9.17, 15) is 4.79 Å². The van der Waals surface area contributed by atoms with Gasteiger partial charge in [0.25, 0.3) is 0 Å². The molecule has 148 valence electrons. The van der Waals surface area contributed by atoms with Crippen LogP contribution in [-0.4, -0.2) is 12.5 Å². The Bertz CT molecular complexity index is 990. The summed E-state index contributed by atoms with van der Waals surface area (Å²) >= 11 is 7.58. The van der Waals surface area contributed by atoms with Crippen LogP contribution < -0.4 is 10.6 Å². The van der Waals surface area contributed by atoms with E-state index in [2.05, 4.69) is 34.9 Å². The molecule has 3 nitrogen and oxygen atoms in total. The number of rotatable bonds is 6. The molecule has 29 heavy (non-hydrogen) atoms. The molecule has 4 rings (SSSR count). The molecule has 1 aliphatic carbocycles. The van der Waals surface area contributed by atoms with Crippen LogP contribution in [0.25, 0.3) is 0 Å². The lowest BCUT2D eigenvalue weighted by Crippen LogP contribution is -2.33. The average Bonchev–Trinajstić information content (AvgIpc) is 2.75. The van der Waals surface area contributed by atoms with Crippen molar-refractivity contribution < 1.29 is 4.79 Å². The Labute approximate surface area is 180 Å². The first kappa shape index (κ1) is 20.0. The van der Waals surface area contributed by atoms with Gasteiger partial charge in [0.15, 0.2) is 0 Å². The van der Waals surface area contributed by atoms with E-state index in [1.807, 2.05) is 48.5 Å².